The van der Waals surface area contributed by atoms with Crippen molar-refractivity contribution in [1.82, 2.24) is 30.2 Å². The van der Waals surface area contributed by atoms with Gasteiger partial charge in [0.25, 0.3) is 5.78 Å². The molecule has 3 aromatic rings. The molecule has 174 valence electrons. The Morgan fingerprint density at radius 3 is 2.73 bits per heavy atom. The molecule has 10 heteroatoms. The summed E-state index contributed by atoms with van der Waals surface area (Å²) >= 11 is 0. The number of aryl methyl sites for hydroxylation is 1. The van der Waals surface area contributed by atoms with Crippen LogP contribution in [0.25, 0.3) is 5.78 Å². The summed E-state index contributed by atoms with van der Waals surface area (Å²) in [6.07, 6.45) is 3.42. The number of rotatable bonds is 7. The number of hydrogen-bond donors (Lipinski definition) is 2. The van der Waals surface area contributed by atoms with Gasteiger partial charge in [-0.25, -0.2) is 4.98 Å². The van der Waals surface area contributed by atoms with Crippen LogP contribution in [0.1, 0.15) is 31.0 Å². The molecular weight excluding hydrogens is 422 g/mol. The number of fused-ring (bicyclic) bond motifs is 1. The minimum atomic E-state index is -0.672. The van der Waals surface area contributed by atoms with Crippen molar-refractivity contribution >= 4 is 23.4 Å². The highest BCUT2D eigenvalue weighted by atomic mass is 16.5. The number of hydrogen-bond acceptors (Lipinski definition) is 7. The Morgan fingerprint density at radius 1 is 1.24 bits per heavy atom. The number of benzene rings is 1. The molecule has 2 aromatic heterocycles. The Morgan fingerprint density at radius 2 is 2.00 bits per heavy atom. The monoisotopic (exact) mass is 451 g/mol. The van der Waals surface area contributed by atoms with Gasteiger partial charge in [0.15, 0.2) is 0 Å². The molecule has 0 spiro atoms. The van der Waals surface area contributed by atoms with Crippen LogP contribution in [-0.4, -0.2) is 63.7 Å². The first-order valence-electron chi connectivity index (χ1n) is 11.1. The summed E-state index contributed by atoms with van der Waals surface area (Å²) < 4.78 is 7.14. The smallest absolute Gasteiger partial charge is 0.254 e. The summed E-state index contributed by atoms with van der Waals surface area (Å²) in [6, 6.07) is 8.87. The summed E-state index contributed by atoms with van der Waals surface area (Å²) in [5, 5.41) is 10.2. The molecule has 2 amide bonds. The maximum absolute atomic E-state index is 13.1. The lowest BCUT2D eigenvalue weighted by molar-refractivity contribution is -0.128. The maximum Gasteiger partial charge on any atom is 0.254 e. The van der Waals surface area contributed by atoms with Crippen molar-refractivity contribution in [3.05, 3.63) is 47.9 Å². The molecule has 1 unspecified atom stereocenters. The van der Waals surface area contributed by atoms with Gasteiger partial charge in [-0.2, -0.15) is 14.6 Å². The van der Waals surface area contributed by atoms with E-state index in [1.807, 2.05) is 37.3 Å². The summed E-state index contributed by atoms with van der Waals surface area (Å²) in [5.74, 6) is 1.79. The number of para-hydroxylation sites is 1. The van der Waals surface area contributed by atoms with Gasteiger partial charge < -0.3 is 20.3 Å². The first kappa shape index (κ1) is 22.5. The zero-order chi connectivity index (χ0) is 23.4. The van der Waals surface area contributed by atoms with Gasteiger partial charge in [0, 0.05) is 44.2 Å². The summed E-state index contributed by atoms with van der Waals surface area (Å²) in [5.41, 5.74) is 1.75. The Hall–Kier alpha value is -3.69. The number of aromatic nitrogens is 4. The molecule has 0 aliphatic carbocycles. The summed E-state index contributed by atoms with van der Waals surface area (Å²) in [6.45, 7) is 4.89. The lowest BCUT2D eigenvalue weighted by Gasteiger charge is -2.34. The number of carbonyl (C=O) groups is 2. The molecule has 1 aliphatic rings. The highest BCUT2D eigenvalue weighted by Gasteiger charge is 2.27. The third-order valence-corrected chi connectivity index (χ3v) is 5.84. The number of nitrogens with zero attached hydrogens (tertiary/aromatic N) is 5. The van der Waals surface area contributed by atoms with Gasteiger partial charge in [-0.15, -0.1) is 0 Å². The molecule has 1 saturated heterocycles. The van der Waals surface area contributed by atoms with Crippen molar-refractivity contribution in [3.63, 3.8) is 0 Å². The molecule has 2 N–H and O–H groups in total. The highest BCUT2D eigenvalue weighted by molar-refractivity contribution is 5.87. The Bertz CT molecular complexity index is 1140. The van der Waals surface area contributed by atoms with Crippen molar-refractivity contribution in [2.45, 2.75) is 45.2 Å². The van der Waals surface area contributed by atoms with Crippen LogP contribution < -0.4 is 20.3 Å². The molecule has 0 bridgehead atoms. The topological polar surface area (TPSA) is 114 Å². The average molecular weight is 452 g/mol. The minimum Gasteiger partial charge on any atom is -0.496 e. The van der Waals surface area contributed by atoms with E-state index in [1.54, 1.807) is 11.6 Å². The highest BCUT2D eigenvalue weighted by Crippen LogP contribution is 2.22. The third-order valence-electron chi connectivity index (χ3n) is 5.84. The van der Waals surface area contributed by atoms with E-state index < -0.39 is 6.04 Å². The van der Waals surface area contributed by atoms with Crippen molar-refractivity contribution in [2.24, 2.45) is 0 Å². The van der Waals surface area contributed by atoms with Crippen LogP contribution in [0.2, 0.25) is 0 Å². The number of ether oxygens (including phenoxy) is 1. The number of methoxy groups -OCH3 is 1. The molecule has 0 radical (unpaired) electrons. The zero-order valence-electron chi connectivity index (χ0n) is 19.1. The van der Waals surface area contributed by atoms with Gasteiger partial charge >= 0.3 is 0 Å². The largest absolute Gasteiger partial charge is 0.496 e. The second-order valence-electron chi connectivity index (χ2n) is 8.27. The predicted molar refractivity (Wildman–Crippen MR) is 123 cm³/mol. The first-order chi connectivity index (χ1) is 15.9. The van der Waals surface area contributed by atoms with E-state index in [1.165, 1.54) is 13.3 Å². The quantitative estimate of drug-likeness (QED) is 0.556. The number of piperidine rings is 1. The lowest BCUT2D eigenvalue weighted by Crippen LogP contribution is -2.52. The van der Waals surface area contributed by atoms with E-state index >= 15 is 0 Å². The van der Waals surface area contributed by atoms with Gasteiger partial charge in [0.05, 0.1) is 7.11 Å². The van der Waals surface area contributed by atoms with Crippen LogP contribution in [-0.2, 0) is 16.0 Å². The Balaban J connectivity index is 1.40. The van der Waals surface area contributed by atoms with Crippen LogP contribution in [0.3, 0.4) is 0 Å². The Labute approximate surface area is 192 Å². The molecule has 4 rings (SSSR count). The van der Waals surface area contributed by atoms with Gasteiger partial charge in [0.2, 0.25) is 11.8 Å². The van der Waals surface area contributed by atoms with Crippen LogP contribution in [0.5, 0.6) is 5.75 Å². The van der Waals surface area contributed by atoms with Crippen molar-refractivity contribution < 1.29 is 14.3 Å². The summed E-state index contributed by atoms with van der Waals surface area (Å²) in [4.78, 5) is 35.7. The second-order valence-corrected chi connectivity index (χ2v) is 8.27. The normalized spacial score (nSPS) is 15.3. The van der Waals surface area contributed by atoms with Crippen LogP contribution in [0.15, 0.2) is 36.7 Å². The van der Waals surface area contributed by atoms with Crippen LogP contribution >= 0.6 is 0 Å². The lowest BCUT2D eigenvalue weighted by atomic mass is 10.0. The molecule has 1 fully saturated rings. The number of anilines is 1. The number of carbonyl (C=O) groups excluding carboxylic acids is 2. The standard InChI is InChI=1S/C23H29N7O3/c1-15-12-21(30-23(26-15)24-14-25-30)29-10-8-18(9-11-29)28-22(32)19(27-16(2)31)13-17-6-4-5-7-20(17)33-3/h4-7,12,14,18-19H,8-11,13H2,1-3H3,(H,27,31)(H,28,32). The van der Waals surface area contributed by atoms with Crippen molar-refractivity contribution in [2.75, 3.05) is 25.1 Å². The van der Waals surface area contributed by atoms with Gasteiger partial charge in [-0.3, -0.25) is 9.59 Å². The maximum atomic E-state index is 13.1. The number of nitrogens with one attached hydrogen (secondary N) is 2. The SMILES string of the molecule is COc1ccccc1CC(NC(C)=O)C(=O)NC1CCN(c2cc(C)nc3ncnn23)CC1. The Kier molecular flexibility index (Phi) is 6.71. The fourth-order valence-corrected chi connectivity index (χ4v) is 4.24. The van der Waals surface area contributed by atoms with E-state index in [0.717, 1.165) is 43.0 Å². The van der Waals surface area contributed by atoms with Gasteiger partial charge in [0.1, 0.15) is 23.9 Å². The predicted octanol–water partition coefficient (Wildman–Crippen LogP) is 1.27. The molecule has 1 atom stereocenters. The van der Waals surface area contributed by atoms with Crippen molar-refractivity contribution in [3.8, 4) is 5.75 Å². The van der Waals surface area contributed by atoms with E-state index in [-0.39, 0.29) is 17.9 Å². The van der Waals surface area contributed by atoms with Crippen molar-refractivity contribution in [1.29, 1.82) is 0 Å². The molecule has 1 aromatic carbocycles. The molecule has 1 aliphatic heterocycles. The molecule has 3 heterocycles. The number of amides is 2. The molecule has 0 saturated carbocycles. The molecular formula is C23H29N7O3. The fraction of sp³-hybridized carbons (Fsp3) is 0.435. The minimum absolute atomic E-state index is 0.0249. The van der Waals surface area contributed by atoms with E-state index in [2.05, 4.69) is 30.6 Å². The van der Waals surface area contributed by atoms with Crippen LogP contribution in [0.4, 0.5) is 5.82 Å². The summed E-state index contributed by atoms with van der Waals surface area (Å²) in [7, 11) is 1.59. The average Bonchev–Trinajstić information content (AvgIpc) is 3.27. The van der Waals surface area contributed by atoms with E-state index in [4.69, 9.17) is 4.74 Å². The zero-order valence-corrected chi connectivity index (χ0v) is 19.1. The van der Waals surface area contributed by atoms with Gasteiger partial charge in [-0.1, -0.05) is 18.2 Å². The van der Waals surface area contributed by atoms with E-state index in [9.17, 15) is 9.59 Å². The second kappa shape index (κ2) is 9.85. The first-order valence-corrected chi connectivity index (χ1v) is 11.1. The van der Waals surface area contributed by atoms with Crippen LogP contribution in [0, 0.1) is 6.92 Å². The molecule has 10 nitrogen and oxygen atoms in total. The van der Waals surface area contributed by atoms with E-state index in [0.29, 0.717) is 17.9 Å². The van der Waals surface area contributed by atoms with Gasteiger partial charge in [-0.05, 0) is 31.4 Å². The molecule has 33 heavy (non-hydrogen) atoms. The third kappa shape index (κ3) is 5.21. The fourth-order valence-electron chi connectivity index (χ4n) is 4.24.